The van der Waals surface area contributed by atoms with Gasteiger partial charge in [-0.1, -0.05) is 0 Å². The molecule has 0 fully saturated rings. The highest BCUT2D eigenvalue weighted by atomic mass is 32.2. The van der Waals surface area contributed by atoms with Crippen LogP contribution in [-0.4, -0.2) is 37.1 Å². The molecule has 86 valence electrons. The summed E-state index contributed by atoms with van der Waals surface area (Å²) in [5, 5.41) is 2.94. The molecular weight excluding hydrogens is 215 g/mol. The summed E-state index contributed by atoms with van der Waals surface area (Å²) in [4.78, 5) is 0. The zero-order valence-corrected chi connectivity index (χ0v) is 9.17. The van der Waals surface area contributed by atoms with Gasteiger partial charge >= 0.3 is 5.51 Å². The molecule has 2 nitrogen and oxygen atoms in total. The van der Waals surface area contributed by atoms with Gasteiger partial charge in [0.2, 0.25) is 0 Å². The van der Waals surface area contributed by atoms with Crippen molar-refractivity contribution in [2.75, 3.05) is 25.5 Å². The second kappa shape index (κ2) is 7.36. The van der Waals surface area contributed by atoms with E-state index in [1.165, 1.54) is 0 Å². The van der Waals surface area contributed by atoms with Crippen LogP contribution in [0.1, 0.15) is 13.8 Å². The summed E-state index contributed by atoms with van der Waals surface area (Å²) in [6, 6.07) is 0.101. The van der Waals surface area contributed by atoms with Gasteiger partial charge in [-0.25, -0.2) is 0 Å². The summed E-state index contributed by atoms with van der Waals surface area (Å²) in [5.74, 6) is 0.0416. The van der Waals surface area contributed by atoms with Gasteiger partial charge in [0.1, 0.15) is 0 Å². The molecule has 1 atom stereocenters. The summed E-state index contributed by atoms with van der Waals surface area (Å²) >= 11 is -0.00392. The first-order valence-electron chi connectivity index (χ1n) is 4.47. The molecule has 0 radical (unpaired) electrons. The topological polar surface area (TPSA) is 21.3 Å². The number of nitrogens with one attached hydrogen (secondary N) is 1. The van der Waals surface area contributed by atoms with Gasteiger partial charge in [-0.15, -0.1) is 0 Å². The van der Waals surface area contributed by atoms with E-state index in [9.17, 15) is 13.2 Å². The average Bonchev–Trinajstić information content (AvgIpc) is 2.07. The first-order chi connectivity index (χ1) is 6.45. The number of rotatable bonds is 7. The highest BCUT2D eigenvalue weighted by molar-refractivity contribution is 8.00. The smallest absolute Gasteiger partial charge is 0.380 e. The summed E-state index contributed by atoms with van der Waals surface area (Å²) < 4.78 is 40.2. The van der Waals surface area contributed by atoms with Crippen molar-refractivity contribution >= 4 is 11.8 Å². The van der Waals surface area contributed by atoms with Crippen molar-refractivity contribution < 1.29 is 17.9 Å². The van der Waals surface area contributed by atoms with Crippen LogP contribution in [0.25, 0.3) is 0 Å². The molecule has 0 aliphatic carbocycles. The second-order valence-corrected chi connectivity index (χ2v) is 3.97. The van der Waals surface area contributed by atoms with Gasteiger partial charge in [-0.2, -0.15) is 13.2 Å². The molecule has 0 rings (SSSR count). The van der Waals surface area contributed by atoms with Gasteiger partial charge in [0.15, 0.2) is 0 Å². The number of ether oxygens (including phenoxy) is 1. The number of halogens is 3. The van der Waals surface area contributed by atoms with Gasteiger partial charge in [-0.3, -0.25) is 0 Å². The maximum absolute atomic E-state index is 11.7. The Morgan fingerprint density at radius 2 is 2.07 bits per heavy atom. The number of thioether (sulfide) groups is 1. The highest BCUT2D eigenvalue weighted by Crippen LogP contribution is 2.29. The van der Waals surface area contributed by atoms with Crippen LogP contribution in [0.3, 0.4) is 0 Å². The molecule has 0 amide bonds. The van der Waals surface area contributed by atoms with E-state index in [4.69, 9.17) is 4.74 Å². The molecule has 1 N–H and O–H groups in total. The van der Waals surface area contributed by atoms with Gasteiger partial charge in [0, 0.05) is 24.9 Å². The molecular formula is C8H16F3NOS. The Hall–Kier alpha value is 0.0600. The molecule has 0 aliphatic rings. The zero-order chi connectivity index (χ0) is 11.0. The molecule has 1 unspecified atom stereocenters. The Bertz CT molecular complexity index is 143. The summed E-state index contributed by atoms with van der Waals surface area (Å²) in [7, 11) is 0. The van der Waals surface area contributed by atoms with Crippen LogP contribution in [0.15, 0.2) is 0 Å². The van der Waals surface area contributed by atoms with Crippen molar-refractivity contribution in [1.82, 2.24) is 5.32 Å². The molecule has 0 aromatic heterocycles. The summed E-state index contributed by atoms with van der Waals surface area (Å²) in [5.41, 5.74) is -4.12. The van der Waals surface area contributed by atoms with E-state index in [0.29, 0.717) is 19.8 Å². The van der Waals surface area contributed by atoms with Crippen molar-refractivity contribution in [3.63, 3.8) is 0 Å². The van der Waals surface area contributed by atoms with E-state index in [0.717, 1.165) is 0 Å². The maximum Gasteiger partial charge on any atom is 0.441 e. The Labute approximate surface area is 86.6 Å². The van der Waals surface area contributed by atoms with E-state index in [-0.39, 0.29) is 23.6 Å². The van der Waals surface area contributed by atoms with E-state index >= 15 is 0 Å². The molecule has 0 heterocycles. The van der Waals surface area contributed by atoms with Crippen molar-refractivity contribution in [1.29, 1.82) is 0 Å². The van der Waals surface area contributed by atoms with Crippen molar-refractivity contribution in [3.05, 3.63) is 0 Å². The van der Waals surface area contributed by atoms with Gasteiger partial charge in [0.05, 0.1) is 6.61 Å². The van der Waals surface area contributed by atoms with E-state index in [2.05, 4.69) is 5.32 Å². The Morgan fingerprint density at radius 1 is 1.43 bits per heavy atom. The predicted molar refractivity (Wildman–Crippen MR) is 52.5 cm³/mol. The standard InChI is InChI=1S/C8H16F3NOS/c1-3-13-6-7(2)12-4-5-14-8(9,10)11/h7,12H,3-6H2,1-2H3. The van der Waals surface area contributed by atoms with E-state index in [1.807, 2.05) is 13.8 Å². The molecule has 0 bridgehead atoms. The van der Waals surface area contributed by atoms with Crippen LogP contribution in [-0.2, 0) is 4.74 Å². The van der Waals surface area contributed by atoms with E-state index < -0.39 is 5.51 Å². The van der Waals surface area contributed by atoms with Crippen molar-refractivity contribution in [2.45, 2.75) is 25.4 Å². The SMILES string of the molecule is CCOCC(C)NCCSC(F)(F)F. The molecule has 0 aromatic carbocycles. The molecule has 14 heavy (non-hydrogen) atoms. The number of hydrogen-bond acceptors (Lipinski definition) is 3. The fraction of sp³-hybridized carbons (Fsp3) is 1.00. The van der Waals surface area contributed by atoms with Crippen LogP contribution in [0, 0.1) is 0 Å². The van der Waals surface area contributed by atoms with Crippen LogP contribution in [0.5, 0.6) is 0 Å². The Balaban J connectivity index is 3.27. The third-order valence-electron chi connectivity index (χ3n) is 1.43. The van der Waals surface area contributed by atoms with Crippen LogP contribution < -0.4 is 5.32 Å². The highest BCUT2D eigenvalue weighted by Gasteiger charge is 2.27. The minimum Gasteiger partial charge on any atom is -0.380 e. The molecule has 0 aromatic rings. The van der Waals surface area contributed by atoms with Crippen molar-refractivity contribution in [3.8, 4) is 0 Å². The lowest BCUT2D eigenvalue weighted by atomic mass is 10.3. The average molecular weight is 231 g/mol. The first-order valence-corrected chi connectivity index (χ1v) is 5.46. The minimum atomic E-state index is -4.12. The monoisotopic (exact) mass is 231 g/mol. The predicted octanol–water partition coefficient (Wildman–Crippen LogP) is 2.25. The lowest BCUT2D eigenvalue weighted by Crippen LogP contribution is -2.32. The quantitative estimate of drug-likeness (QED) is 0.679. The lowest BCUT2D eigenvalue weighted by molar-refractivity contribution is -0.0327. The maximum atomic E-state index is 11.7. The van der Waals surface area contributed by atoms with Gasteiger partial charge in [-0.05, 0) is 25.6 Å². The molecule has 0 spiro atoms. The normalized spacial score (nSPS) is 14.4. The lowest BCUT2D eigenvalue weighted by Gasteiger charge is -2.13. The molecule has 0 aliphatic heterocycles. The van der Waals surface area contributed by atoms with Crippen LogP contribution in [0.4, 0.5) is 13.2 Å². The Kier molecular flexibility index (Phi) is 7.40. The molecule has 0 saturated carbocycles. The number of alkyl halides is 3. The summed E-state index contributed by atoms with van der Waals surface area (Å²) in [6.45, 7) is 5.27. The number of hydrogen-bond donors (Lipinski definition) is 1. The fourth-order valence-corrected chi connectivity index (χ4v) is 1.28. The summed E-state index contributed by atoms with van der Waals surface area (Å²) in [6.07, 6.45) is 0. The molecule has 6 heteroatoms. The fourth-order valence-electron chi connectivity index (χ4n) is 0.826. The first kappa shape index (κ1) is 14.1. The van der Waals surface area contributed by atoms with Gasteiger partial charge < -0.3 is 10.1 Å². The van der Waals surface area contributed by atoms with Gasteiger partial charge in [0.25, 0.3) is 0 Å². The van der Waals surface area contributed by atoms with E-state index in [1.54, 1.807) is 0 Å². The Morgan fingerprint density at radius 3 is 2.57 bits per heavy atom. The third kappa shape index (κ3) is 10.1. The second-order valence-electron chi connectivity index (χ2n) is 2.81. The minimum absolute atomic E-state index is 0.00392. The zero-order valence-electron chi connectivity index (χ0n) is 8.36. The van der Waals surface area contributed by atoms with Crippen LogP contribution >= 0.6 is 11.8 Å². The third-order valence-corrected chi connectivity index (χ3v) is 2.17. The largest absolute Gasteiger partial charge is 0.441 e. The molecule has 0 saturated heterocycles. The van der Waals surface area contributed by atoms with Crippen LogP contribution in [0.2, 0.25) is 0 Å². The van der Waals surface area contributed by atoms with Crippen molar-refractivity contribution in [2.24, 2.45) is 0 Å².